The molecular formula is C27H32N2O4S. The van der Waals surface area contributed by atoms with E-state index in [1.807, 2.05) is 4.90 Å². The molecule has 2 aromatic rings. The highest BCUT2D eigenvalue weighted by molar-refractivity contribution is 7.89. The van der Waals surface area contributed by atoms with Gasteiger partial charge < -0.3 is 10.0 Å². The van der Waals surface area contributed by atoms with Crippen LogP contribution in [0.2, 0.25) is 0 Å². The number of hydrogen-bond acceptors (Lipinski definition) is 4. The number of amides is 1. The zero-order valence-electron chi connectivity index (χ0n) is 19.9. The Morgan fingerprint density at radius 2 is 1.62 bits per heavy atom. The molecule has 0 aromatic heterocycles. The van der Waals surface area contributed by atoms with Crippen molar-refractivity contribution in [2.45, 2.75) is 68.3 Å². The molecule has 2 aliphatic heterocycles. The summed E-state index contributed by atoms with van der Waals surface area (Å²) in [5, 5.41) is 9.98. The van der Waals surface area contributed by atoms with Gasteiger partial charge in [0.2, 0.25) is 10.0 Å². The van der Waals surface area contributed by atoms with Gasteiger partial charge in [-0.2, -0.15) is 4.31 Å². The lowest BCUT2D eigenvalue weighted by molar-refractivity contribution is -0.0426. The van der Waals surface area contributed by atoms with E-state index in [1.54, 1.807) is 19.1 Å². The number of sulfonamides is 1. The van der Waals surface area contributed by atoms with Gasteiger partial charge in [0.25, 0.3) is 5.91 Å². The first kappa shape index (κ1) is 22.3. The predicted octanol–water partition coefficient (Wildman–Crippen LogP) is 4.00. The van der Waals surface area contributed by atoms with Gasteiger partial charge in [-0.3, -0.25) is 4.79 Å². The fourth-order valence-electron chi connectivity index (χ4n) is 6.31. The summed E-state index contributed by atoms with van der Waals surface area (Å²) >= 11 is 0. The molecule has 7 heteroatoms. The molecule has 1 N–H and O–H groups in total. The van der Waals surface area contributed by atoms with E-state index in [9.17, 15) is 18.3 Å². The van der Waals surface area contributed by atoms with Crippen LogP contribution in [0.5, 0.6) is 0 Å². The van der Waals surface area contributed by atoms with E-state index in [0.29, 0.717) is 17.5 Å². The number of carbonyl (C=O) groups excluding carboxylic acids is 1. The molecule has 0 bridgehead atoms. The smallest absolute Gasteiger partial charge is 0.258 e. The molecule has 2 aromatic carbocycles. The summed E-state index contributed by atoms with van der Waals surface area (Å²) in [4.78, 5) is 15.7. The summed E-state index contributed by atoms with van der Waals surface area (Å²) < 4.78 is 27.3. The summed E-state index contributed by atoms with van der Waals surface area (Å²) in [5.74, 6) is -0.152. The Hall–Kier alpha value is -2.22. The average molecular weight is 481 g/mol. The van der Waals surface area contributed by atoms with Crippen LogP contribution in [0.15, 0.2) is 47.4 Å². The fourth-order valence-corrected chi connectivity index (χ4v) is 8.03. The summed E-state index contributed by atoms with van der Waals surface area (Å²) in [7, 11) is -3.75. The van der Waals surface area contributed by atoms with Crippen LogP contribution in [-0.2, 0) is 15.4 Å². The quantitative estimate of drug-likeness (QED) is 0.720. The van der Waals surface area contributed by atoms with E-state index >= 15 is 0 Å². The molecule has 0 radical (unpaired) electrons. The number of anilines is 1. The second-order valence-electron chi connectivity index (χ2n) is 11.5. The number of benzene rings is 2. The van der Waals surface area contributed by atoms with Gasteiger partial charge in [0.15, 0.2) is 0 Å². The van der Waals surface area contributed by atoms with Crippen molar-refractivity contribution in [1.29, 1.82) is 0 Å². The molecule has 2 aliphatic carbocycles. The SMILES string of the molecule is Cc1ccc2c(c1)C1(CCC3(CC3)CC1)CN2C(=O)c1cccc(S(=O)(=O)N2CC(C)(O)C2)c1. The first-order chi connectivity index (χ1) is 16.0. The highest BCUT2D eigenvalue weighted by atomic mass is 32.2. The van der Waals surface area contributed by atoms with Gasteiger partial charge in [-0.1, -0.05) is 23.8 Å². The van der Waals surface area contributed by atoms with Crippen molar-refractivity contribution in [1.82, 2.24) is 4.31 Å². The first-order valence-electron chi connectivity index (χ1n) is 12.3. The van der Waals surface area contributed by atoms with Gasteiger partial charge in [0, 0.05) is 36.3 Å². The van der Waals surface area contributed by atoms with Crippen LogP contribution in [0.4, 0.5) is 5.69 Å². The Bertz CT molecular complexity index is 1280. The van der Waals surface area contributed by atoms with Crippen molar-refractivity contribution in [3.05, 3.63) is 59.2 Å². The number of aliphatic hydroxyl groups is 1. The normalized spacial score (nSPS) is 24.1. The monoisotopic (exact) mass is 480 g/mol. The van der Waals surface area contributed by atoms with E-state index < -0.39 is 15.6 Å². The Labute approximate surface area is 201 Å². The standard InChI is InChI=1S/C27H32N2O4S/c1-19-6-7-23-22(14-19)27(12-10-26(8-9-26)11-13-27)18-29(23)24(30)20-4-3-5-21(15-20)34(32,33)28-16-25(2,31)17-28/h3-7,14-15,31H,8-13,16-18H2,1-2H3. The van der Waals surface area contributed by atoms with Gasteiger partial charge in [0.1, 0.15) is 0 Å². The third kappa shape index (κ3) is 3.43. The zero-order chi connectivity index (χ0) is 23.9. The van der Waals surface area contributed by atoms with Crippen LogP contribution >= 0.6 is 0 Å². The molecule has 34 heavy (non-hydrogen) atoms. The summed E-state index contributed by atoms with van der Waals surface area (Å²) in [6.45, 7) is 4.52. The number of carbonyl (C=O) groups is 1. The van der Waals surface area contributed by atoms with Crippen molar-refractivity contribution >= 4 is 21.6 Å². The second kappa shape index (κ2) is 7.15. The van der Waals surface area contributed by atoms with Crippen molar-refractivity contribution in [3.8, 4) is 0 Å². The maximum absolute atomic E-state index is 13.8. The third-order valence-electron chi connectivity index (χ3n) is 8.70. The summed E-state index contributed by atoms with van der Waals surface area (Å²) in [5.41, 5.74) is 3.40. The lowest BCUT2D eigenvalue weighted by Crippen LogP contribution is -2.61. The van der Waals surface area contributed by atoms with Crippen LogP contribution in [0.3, 0.4) is 0 Å². The van der Waals surface area contributed by atoms with Gasteiger partial charge in [-0.15, -0.1) is 0 Å². The largest absolute Gasteiger partial charge is 0.387 e. The number of rotatable bonds is 3. The van der Waals surface area contributed by atoms with Crippen molar-refractivity contribution < 1.29 is 18.3 Å². The predicted molar refractivity (Wildman–Crippen MR) is 130 cm³/mol. The Balaban J connectivity index is 1.31. The fraction of sp³-hybridized carbons (Fsp3) is 0.519. The van der Waals surface area contributed by atoms with Gasteiger partial charge >= 0.3 is 0 Å². The van der Waals surface area contributed by atoms with Crippen LogP contribution in [0.25, 0.3) is 0 Å². The van der Waals surface area contributed by atoms with Gasteiger partial charge in [-0.25, -0.2) is 8.42 Å². The Kier molecular flexibility index (Phi) is 4.68. The van der Waals surface area contributed by atoms with Crippen molar-refractivity contribution in [3.63, 3.8) is 0 Å². The van der Waals surface area contributed by atoms with E-state index in [2.05, 4.69) is 25.1 Å². The molecular weight excluding hydrogens is 448 g/mol. The molecule has 1 amide bonds. The van der Waals surface area contributed by atoms with E-state index in [-0.39, 0.29) is 29.3 Å². The molecule has 6 nitrogen and oxygen atoms in total. The molecule has 0 unspecified atom stereocenters. The number of hydrogen-bond donors (Lipinski definition) is 1. The minimum Gasteiger partial charge on any atom is -0.387 e. The molecule has 2 saturated carbocycles. The molecule has 6 rings (SSSR count). The number of nitrogens with zero attached hydrogens (tertiary/aromatic N) is 2. The second-order valence-corrected chi connectivity index (χ2v) is 13.4. The van der Waals surface area contributed by atoms with Crippen molar-refractivity contribution in [2.24, 2.45) is 5.41 Å². The maximum Gasteiger partial charge on any atom is 0.258 e. The van der Waals surface area contributed by atoms with E-state index in [0.717, 1.165) is 18.5 Å². The highest BCUT2D eigenvalue weighted by Crippen LogP contribution is 2.62. The van der Waals surface area contributed by atoms with Gasteiger partial charge in [-0.05, 0) is 87.6 Å². The molecule has 2 spiro atoms. The Morgan fingerprint density at radius 1 is 0.941 bits per heavy atom. The van der Waals surface area contributed by atoms with Crippen LogP contribution in [0.1, 0.15) is 66.9 Å². The first-order valence-corrected chi connectivity index (χ1v) is 13.7. The van der Waals surface area contributed by atoms with Crippen LogP contribution in [0, 0.1) is 12.3 Å². The molecule has 1 saturated heterocycles. The molecule has 180 valence electrons. The Morgan fingerprint density at radius 3 is 2.26 bits per heavy atom. The summed E-state index contributed by atoms with van der Waals surface area (Å²) in [6, 6.07) is 12.7. The number of aryl methyl sites for hydroxylation is 1. The molecule has 3 fully saturated rings. The lowest BCUT2D eigenvalue weighted by Gasteiger charge is -2.42. The van der Waals surface area contributed by atoms with E-state index in [1.165, 1.54) is 53.2 Å². The molecule has 0 atom stereocenters. The lowest BCUT2D eigenvalue weighted by atomic mass is 9.66. The van der Waals surface area contributed by atoms with Crippen molar-refractivity contribution in [2.75, 3.05) is 24.5 Å². The third-order valence-corrected chi connectivity index (χ3v) is 10.5. The zero-order valence-corrected chi connectivity index (χ0v) is 20.7. The summed E-state index contributed by atoms with van der Waals surface area (Å²) in [6.07, 6.45) is 7.37. The topological polar surface area (TPSA) is 77.9 Å². The molecule has 2 heterocycles. The van der Waals surface area contributed by atoms with Crippen LogP contribution in [-0.4, -0.2) is 49.0 Å². The minimum absolute atomic E-state index is 0.00223. The minimum atomic E-state index is -3.75. The maximum atomic E-state index is 13.8. The van der Waals surface area contributed by atoms with E-state index in [4.69, 9.17) is 0 Å². The van der Waals surface area contributed by atoms with Crippen LogP contribution < -0.4 is 4.90 Å². The van der Waals surface area contributed by atoms with Gasteiger partial charge in [0.05, 0.1) is 10.5 Å². The highest BCUT2D eigenvalue weighted by Gasteiger charge is 2.53. The average Bonchev–Trinajstić information content (AvgIpc) is 3.49. The number of fused-ring (bicyclic) bond motifs is 2. The number of β-amino-alcohol motifs (C(OH)–C–C–N with tert-alkyl or cyclic N) is 1. The molecule has 4 aliphatic rings.